The molecule has 3 N–H and O–H groups in total. The van der Waals surface area contributed by atoms with E-state index in [0.29, 0.717) is 6.54 Å². The van der Waals surface area contributed by atoms with E-state index >= 15 is 0 Å². The molecule has 1 aromatic rings. The highest BCUT2D eigenvalue weighted by molar-refractivity contribution is 7.99. The van der Waals surface area contributed by atoms with E-state index in [1.54, 1.807) is 12.1 Å². The first-order valence-corrected chi connectivity index (χ1v) is 6.98. The second kappa shape index (κ2) is 6.99. The molecule has 17 heavy (non-hydrogen) atoms. The summed E-state index contributed by atoms with van der Waals surface area (Å²) in [5, 5.41) is 9.62. The standard InChI is InChI=1S/C13H20FNOS/c1-2-17-8-7-13(9-15,10-16)11-3-5-12(14)6-4-11/h3-6,16H,2,7-10,15H2,1H3. The topological polar surface area (TPSA) is 46.2 Å². The van der Waals surface area contributed by atoms with E-state index in [9.17, 15) is 9.50 Å². The predicted molar refractivity (Wildman–Crippen MR) is 71.8 cm³/mol. The van der Waals surface area contributed by atoms with Gasteiger partial charge < -0.3 is 10.8 Å². The highest BCUT2D eigenvalue weighted by Crippen LogP contribution is 2.28. The fourth-order valence-electron chi connectivity index (χ4n) is 1.81. The van der Waals surface area contributed by atoms with E-state index in [0.717, 1.165) is 23.5 Å². The van der Waals surface area contributed by atoms with Gasteiger partial charge in [-0.1, -0.05) is 19.1 Å². The number of aliphatic hydroxyl groups is 1. The minimum atomic E-state index is -0.435. The highest BCUT2D eigenvalue weighted by Gasteiger charge is 2.29. The van der Waals surface area contributed by atoms with Crippen LogP contribution in [0.3, 0.4) is 0 Å². The van der Waals surface area contributed by atoms with Crippen LogP contribution >= 0.6 is 11.8 Å². The lowest BCUT2D eigenvalue weighted by molar-refractivity contribution is 0.193. The van der Waals surface area contributed by atoms with Crippen molar-refractivity contribution in [1.82, 2.24) is 0 Å². The Morgan fingerprint density at radius 2 is 2.00 bits per heavy atom. The molecule has 0 aliphatic heterocycles. The summed E-state index contributed by atoms with van der Waals surface area (Å²) in [5.74, 6) is 1.74. The zero-order valence-electron chi connectivity index (χ0n) is 10.2. The van der Waals surface area contributed by atoms with Crippen molar-refractivity contribution < 1.29 is 9.50 Å². The molecule has 1 rings (SSSR count). The molecule has 1 atom stereocenters. The zero-order valence-corrected chi connectivity index (χ0v) is 11.0. The van der Waals surface area contributed by atoms with E-state index < -0.39 is 5.41 Å². The van der Waals surface area contributed by atoms with Crippen LogP contribution < -0.4 is 5.73 Å². The molecule has 96 valence electrons. The summed E-state index contributed by atoms with van der Waals surface area (Å²) in [6, 6.07) is 6.27. The van der Waals surface area contributed by atoms with Gasteiger partial charge in [0.05, 0.1) is 6.61 Å². The minimum absolute atomic E-state index is 0.000589. The van der Waals surface area contributed by atoms with Gasteiger partial charge in [-0.05, 0) is 35.6 Å². The molecular weight excluding hydrogens is 237 g/mol. The smallest absolute Gasteiger partial charge is 0.123 e. The molecule has 0 spiro atoms. The van der Waals surface area contributed by atoms with E-state index in [4.69, 9.17) is 5.73 Å². The van der Waals surface area contributed by atoms with Gasteiger partial charge in [0.25, 0.3) is 0 Å². The Labute approximate surface area is 106 Å². The largest absolute Gasteiger partial charge is 0.395 e. The monoisotopic (exact) mass is 257 g/mol. The van der Waals surface area contributed by atoms with Gasteiger partial charge in [-0.15, -0.1) is 0 Å². The quantitative estimate of drug-likeness (QED) is 0.736. The molecule has 0 radical (unpaired) electrons. The molecule has 4 heteroatoms. The Kier molecular flexibility index (Phi) is 5.95. The van der Waals surface area contributed by atoms with Crippen LogP contribution in [0.5, 0.6) is 0 Å². The highest BCUT2D eigenvalue weighted by atomic mass is 32.2. The van der Waals surface area contributed by atoms with Crippen molar-refractivity contribution >= 4 is 11.8 Å². The molecule has 0 saturated carbocycles. The number of thioether (sulfide) groups is 1. The van der Waals surface area contributed by atoms with Crippen LogP contribution in [0.15, 0.2) is 24.3 Å². The van der Waals surface area contributed by atoms with Crippen LogP contribution in [0, 0.1) is 5.82 Å². The summed E-state index contributed by atoms with van der Waals surface area (Å²) in [6.45, 7) is 2.48. The molecule has 0 aromatic heterocycles. The molecule has 0 saturated heterocycles. The van der Waals surface area contributed by atoms with Crippen molar-refractivity contribution in [2.75, 3.05) is 24.7 Å². The van der Waals surface area contributed by atoms with Crippen LogP contribution in [0.2, 0.25) is 0 Å². The fraction of sp³-hybridized carbons (Fsp3) is 0.538. The molecule has 0 aliphatic carbocycles. The van der Waals surface area contributed by atoms with Gasteiger partial charge in [-0.3, -0.25) is 0 Å². The number of rotatable bonds is 7. The number of hydrogen-bond donors (Lipinski definition) is 2. The average molecular weight is 257 g/mol. The van der Waals surface area contributed by atoms with Gasteiger partial charge in [0.15, 0.2) is 0 Å². The Bertz CT molecular complexity index is 325. The third kappa shape index (κ3) is 3.69. The SMILES string of the molecule is CCSCCC(CN)(CO)c1ccc(F)cc1. The first-order valence-electron chi connectivity index (χ1n) is 5.83. The van der Waals surface area contributed by atoms with Gasteiger partial charge >= 0.3 is 0 Å². The van der Waals surface area contributed by atoms with E-state index in [1.165, 1.54) is 12.1 Å². The Morgan fingerprint density at radius 3 is 2.47 bits per heavy atom. The maximum atomic E-state index is 12.9. The molecular formula is C13H20FNOS. The van der Waals surface area contributed by atoms with Crippen molar-refractivity contribution in [3.05, 3.63) is 35.6 Å². The number of nitrogens with two attached hydrogens (primary N) is 1. The maximum Gasteiger partial charge on any atom is 0.123 e. The van der Waals surface area contributed by atoms with Crippen LogP contribution in [-0.4, -0.2) is 29.8 Å². The van der Waals surface area contributed by atoms with Crippen molar-refractivity contribution in [3.8, 4) is 0 Å². The van der Waals surface area contributed by atoms with Crippen molar-refractivity contribution in [3.63, 3.8) is 0 Å². The number of hydrogen-bond acceptors (Lipinski definition) is 3. The zero-order chi connectivity index (χ0) is 12.7. The summed E-state index contributed by atoms with van der Waals surface area (Å²) in [6.07, 6.45) is 0.810. The second-order valence-electron chi connectivity index (χ2n) is 4.10. The number of halogens is 1. The van der Waals surface area contributed by atoms with Crippen molar-refractivity contribution in [2.45, 2.75) is 18.8 Å². The second-order valence-corrected chi connectivity index (χ2v) is 5.49. The maximum absolute atomic E-state index is 12.9. The predicted octanol–water partition coefficient (Wildman–Crippen LogP) is 2.16. The lowest BCUT2D eigenvalue weighted by Crippen LogP contribution is -2.39. The van der Waals surface area contributed by atoms with Gasteiger partial charge in [0, 0.05) is 12.0 Å². The molecule has 2 nitrogen and oxygen atoms in total. The minimum Gasteiger partial charge on any atom is -0.395 e. The van der Waals surface area contributed by atoms with Crippen LogP contribution in [0.4, 0.5) is 4.39 Å². The third-order valence-electron chi connectivity index (χ3n) is 3.08. The van der Waals surface area contributed by atoms with Crippen molar-refractivity contribution in [1.29, 1.82) is 0 Å². The molecule has 0 amide bonds. The molecule has 0 aliphatic rings. The molecule has 0 fully saturated rings. The Balaban J connectivity index is 2.85. The lowest BCUT2D eigenvalue weighted by Gasteiger charge is -2.31. The summed E-state index contributed by atoms with van der Waals surface area (Å²) in [4.78, 5) is 0. The Hall–Kier alpha value is -0.580. The van der Waals surface area contributed by atoms with Crippen molar-refractivity contribution in [2.24, 2.45) is 5.73 Å². The number of aliphatic hydroxyl groups excluding tert-OH is 1. The molecule has 0 bridgehead atoms. The van der Waals surface area contributed by atoms with Gasteiger partial charge in [0.1, 0.15) is 5.82 Å². The van der Waals surface area contributed by atoms with E-state index in [-0.39, 0.29) is 12.4 Å². The fourth-order valence-corrected chi connectivity index (χ4v) is 2.64. The van der Waals surface area contributed by atoms with Crippen LogP contribution in [0.25, 0.3) is 0 Å². The molecule has 0 heterocycles. The molecule has 1 aromatic carbocycles. The summed E-state index contributed by atoms with van der Waals surface area (Å²) >= 11 is 1.82. The third-order valence-corrected chi connectivity index (χ3v) is 3.98. The number of benzene rings is 1. The average Bonchev–Trinajstić information content (AvgIpc) is 2.37. The Morgan fingerprint density at radius 1 is 1.35 bits per heavy atom. The normalized spacial score (nSPS) is 14.6. The van der Waals surface area contributed by atoms with E-state index in [1.807, 2.05) is 11.8 Å². The first kappa shape index (κ1) is 14.5. The molecule has 1 unspecified atom stereocenters. The summed E-state index contributed by atoms with van der Waals surface area (Å²) < 4.78 is 12.9. The summed E-state index contributed by atoms with van der Waals surface area (Å²) in [7, 11) is 0. The summed E-state index contributed by atoms with van der Waals surface area (Å²) in [5.41, 5.74) is 6.29. The van der Waals surface area contributed by atoms with Gasteiger partial charge in [-0.2, -0.15) is 11.8 Å². The first-order chi connectivity index (χ1) is 8.18. The van der Waals surface area contributed by atoms with Crippen LogP contribution in [-0.2, 0) is 5.41 Å². The lowest BCUT2D eigenvalue weighted by atomic mass is 9.79. The van der Waals surface area contributed by atoms with Gasteiger partial charge in [0.2, 0.25) is 0 Å². The van der Waals surface area contributed by atoms with Crippen LogP contribution in [0.1, 0.15) is 18.9 Å². The van der Waals surface area contributed by atoms with E-state index in [2.05, 4.69) is 6.92 Å². The van der Waals surface area contributed by atoms with Gasteiger partial charge in [-0.25, -0.2) is 4.39 Å².